The van der Waals surface area contributed by atoms with Gasteiger partial charge in [-0.3, -0.25) is 0 Å². The van der Waals surface area contributed by atoms with E-state index in [1.54, 1.807) is 12.1 Å². The van der Waals surface area contributed by atoms with Crippen molar-refractivity contribution >= 4 is 12.4 Å². The Morgan fingerprint density at radius 3 is 1.89 bits per heavy atom. The minimum Gasteiger partial charge on any atom is -0.508 e. The molecule has 1 aromatic carbocycles. The smallest absolute Gasteiger partial charge is 0.115 e. The van der Waals surface area contributed by atoms with Crippen LogP contribution in [0.15, 0.2) is 24.3 Å². The number of benzene rings is 1. The van der Waals surface area contributed by atoms with Crippen LogP contribution in [0.5, 0.6) is 5.75 Å². The van der Waals surface area contributed by atoms with Crippen molar-refractivity contribution in [1.29, 1.82) is 0 Å². The molecule has 1 nitrogen and oxygen atoms in total. The molecule has 0 aromatic heterocycles. The third-order valence-corrected chi connectivity index (χ3v) is 3.01. The maximum absolute atomic E-state index is 9.15. The zero-order chi connectivity index (χ0) is 11.6. The summed E-state index contributed by atoms with van der Waals surface area (Å²) >= 11 is 0. The average Bonchev–Trinajstić information content (AvgIpc) is 2.30. The van der Waals surface area contributed by atoms with Crippen LogP contribution in [-0.4, -0.2) is 5.11 Å². The SMILES string of the molecule is CCCCCCCCCc1ccc(O)cc1.Cl.[Zr]. The van der Waals surface area contributed by atoms with Gasteiger partial charge in [-0.25, -0.2) is 0 Å². The van der Waals surface area contributed by atoms with Crippen molar-refractivity contribution in [3.05, 3.63) is 29.8 Å². The van der Waals surface area contributed by atoms with E-state index in [1.807, 2.05) is 12.1 Å². The fourth-order valence-electron chi connectivity index (χ4n) is 1.95. The molecule has 1 N–H and O–H groups in total. The number of phenolic OH excluding ortho intramolecular Hbond substituents is 1. The average molecular weight is 348 g/mol. The number of aromatic hydroxyl groups is 1. The predicted octanol–water partition coefficient (Wildman–Crippen LogP) is 5.10. The minimum atomic E-state index is 0. The van der Waals surface area contributed by atoms with Crippen molar-refractivity contribution in [3.63, 3.8) is 0 Å². The molecule has 102 valence electrons. The number of rotatable bonds is 8. The molecule has 0 atom stereocenters. The molecule has 18 heavy (non-hydrogen) atoms. The number of unbranched alkanes of at least 4 members (excludes halogenated alkanes) is 6. The summed E-state index contributed by atoms with van der Waals surface area (Å²) in [6, 6.07) is 7.59. The Kier molecular flexibility index (Phi) is 15.5. The monoisotopic (exact) mass is 346 g/mol. The third kappa shape index (κ3) is 10.1. The van der Waals surface area contributed by atoms with Crippen LogP contribution in [0, 0.1) is 0 Å². The van der Waals surface area contributed by atoms with E-state index in [0.29, 0.717) is 5.75 Å². The molecule has 0 amide bonds. The Balaban J connectivity index is 0. The largest absolute Gasteiger partial charge is 0.508 e. The van der Waals surface area contributed by atoms with Crippen LogP contribution in [0.4, 0.5) is 0 Å². The maximum atomic E-state index is 9.15. The summed E-state index contributed by atoms with van der Waals surface area (Å²) in [5, 5.41) is 9.15. The number of hydrogen-bond acceptors (Lipinski definition) is 1. The van der Waals surface area contributed by atoms with Gasteiger partial charge in [0, 0.05) is 26.2 Å². The molecule has 1 rings (SSSR count). The third-order valence-electron chi connectivity index (χ3n) is 3.01. The molecule has 0 aliphatic rings. The molecule has 0 saturated heterocycles. The van der Waals surface area contributed by atoms with Crippen molar-refractivity contribution in [1.82, 2.24) is 0 Å². The van der Waals surface area contributed by atoms with E-state index >= 15 is 0 Å². The van der Waals surface area contributed by atoms with Crippen LogP contribution in [0.25, 0.3) is 0 Å². The van der Waals surface area contributed by atoms with Gasteiger partial charge in [0.15, 0.2) is 0 Å². The molecule has 0 spiro atoms. The normalized spacial score (nSPS) is 9.39. The summed E-state index contributed by atoms with van der Waals surface area (Å²) in [5.41, 5.74) is 1.34. The Morgan fingerprint density at radius 1 is 0.833 bits per heavy atom. The first-order chi connectivity index (χ1) is 7.83. The van der Waals surface area contributed by atoms with Crippen molar-refractivity contribution < 1.29 is 31.3 Å². The quantitative estimate of drug-likeness (QED) is 0.648. The number of hydrogen-bond donors (Lipinski definition) is 1. The fourth-order valence-corrected chi connectivity index (χ4v) is 1.95. The van der Waals surface area contributed by atoms with Crippen LogP contribution >= 0.6 is 12.4 Å². The topological polar surface area (TPSA) is 20.2 Å². The minimum absolute atomic E-state index is 0. The van der Waals surface area contributed by atoms with Gasteiger partial charge in [-0.05, 0) is 30.5 Å². The molecule has 0 bridgehead atoms. The molecular weight excluding hydrogens is 323 g/mol. The summed E-state index contributed by atoms with van der Waals surface area (Å²) in [6.07, 6.45) is 10.6. The first-order valence-electron chi connectivity index (χ1n) is 6.61. The molecule has 1 aromatic rings. The van der Waals surface area contributed by atoms with Gasteiger partial charge in [0.25, 0.3) is 0 Å². The van der Waals surface area contributed by atoms with Gasteiger partial charge in [0.2, 0.25) is 0 Å². The Bertz CT molecular complexity index is 274. The molecule has 0 aliphatic carbocycles. The first kappa shape index (κ1) is 20.5. The number of phenols is 1. The van der Waals surface area contributed by atoms with E-state index in [0.717, 1.165) is 6.42 Å². The summed E-state index contributed by atoms with van der Waals surface area (Å²) < 4.78 is 0. The van der Waals surface area contributed by atoms with Crippen LogP contribution in [0.2, 0.25) is 0 Å². The molecule has 0 saturated carbocycles. The number of aryl methyl sites for hydroxylation is 1. The second-order valence-corrected chi connectivity index (χ2v) is 4.54. The van der Waals surface area contributed by atoms with Gasteiger partial charge in [-0.15, -0.1) is 12.4 Å². The first-order valence-corrected chi connectivity index (χ1v) is 6.61. The van der Waals surface area contributed by atoms with Crippen molar-refractivity contribution in [3.8, 4) is 5.75 Å². The molecular formula is C15H25ClOZr. The van der Waals surface area contributed by atoms with Gasteiger partial charge in [-0.2, -0.15) is 0 Å². The van der Waals surface area contributed by atoms with Gasteiger partial charge in [0.05, 0.1) is 0 Å². The van der Waals surface area contributed by atoms with Gasteiger partial charge in [-0.1, -0.05) is 57.6 Å². The Hall–Kier alpha value is 0.193. The second-order valence-electron chi connectivity index (χ2n) is 4.54. The van der Waals surface area contributed by atoms with Crippen LogP contribution in [-0.2, 0) is 32.6 Å². The van der Waals surface area contributed by atoms with Gasteiger partial charge >= 0.3 is 0 Å². The maximum Gasteiger partial charge on any atom is 0.115 e. The molecule has 0 heterocycles. The fraction of sp³-hybridized carbons (Fsp3) is 0.600. The zero-order valence-electron chi connectivity index (χ0n) is 11.3. The summed E-state index contributed by atoms with van der Waals surface area (Å²) in [5.74, 6) is 0.364. The standard InChI is InChI=1S/C15H24O.ClH.Zr/c1-2-3-4-5-6-7-8-9-14-10-12-15(16)13-11-14;;/h10-13,16H,2-9H2,1H3;1H;. The summed E-state index contributed by atoms with van der Waals surface area (Å²) in [7, 11) is 0. The van der Waals surface area contributed by atoms with Crippen LogP contribution in [0.3, 0.4) is 0 Å². The molecule has 0 unspecified atom stereocenters. The van der Waals surface area contributed by atoms with Crippen molar-refractivity contribution in [2.75, 3.05) is 0 Å². The van der Waals surface area contributed by atoms with Gasteiger partial charge < -0.3 is 5.11 Å². The van der Waals surface area contributed by atoms with E-state index in [2.05, 4.69) is 6.92 Å². The molecule has 0 aliphatic heterocycles. The van der Waals surface area contributed by atoms with E-state index in [1.165, 1.54) is 50.5 Å². The zero-order valence-corrected chi connectivity index (χ0v) is 14.6. The van der Waals surface area contributed by atoms with E-state index < -0.39 is 0 Å². The Labute approximate surface area is 137 Å². The molecule has 0 radical (unpaired) electrons. The summed E-state index contributed by atoms with van der Waals surface area (Å²) in [6.45, 7) is 2.25. The van der Waals surface area contributed by atoms with E-state index in [4.69, 9.17) is 5.11 Å². The van der Waals surface area contributed by atoms with Crippen LogP contribution < -0.4 is 0 Å². The summed E-state index contributed by atoms with van der Waals surface area (Å²) in [4.78, 5) is 0. The van der Waals surface area contributed by atoms with Crippen molar-refractivity contribution in [2.24, 2.45) is 0 Å². The van der Waals surface area contributed by atoms with Gasteiger partial charge in [0.1, 0.15) is 5.75 Å². The predicted molar refractivity (Wildman–Crippen MR) is 77.1 cm³/mol. The van der Waals surface area contributed by atoms with Crippen LogP contribution in [0.1, 0.15) is 57.4 Å². The molecule has 0 fully saturated rings. The van der Waals surface area contributed by atoms with E-state index in [9.17, 15) is 0 Å². The van der Waals surface area contributed by atoms with E-state index in [-0.39, 0.29) is 38.6 Å². The Morgan fingerprint density at radius 2 is 1.33 bits per heavy atom. The number of halogens is 1. The van der Waals surface area contributed by atoms with Crippen molar-refractivity contribution in [2.45, 2.75) is 58.3 Å². The molecule has 3 heteroatoms. The second kappa shape index (κ2) is 13.6.